The van der Waals surface area contributed by atoms with E-state index in [1.165, 1.54) is 16.3 Å². The molecule has 4 heterocycles. The molecule has 11 aromatic rings. The molecule has 0 aliphatic rings. The van der Waals surface area contributed by atoms with Crippen LogP contribution in [0.5, 0.6) is 0 Å². The van der Waals surface area contributed by atoms with Crippen molar-refractivity contribution in [3.8, 4) is 56.7 Å². The zero-order chi connectivity index (χ0) is 37.0. The summed E-state index contributed by atoms with van der Waals surface area (Å²) in [5.41, 5.74) is 12.7. The molecule has 0 radical (unpaired) electrons. The zero-order valence-electron chi connectivity index (χ0n) is 30.2. The van der Waals surface area contributed by atoms with Crippen molar-refractivity contribution in [2.75, 3.05) is 0 Å². The Balaban J connectivity index is 1.09. The van der Waals surface area contributed by atoms with Gasteiger partial charge in [0.1, 0.15) is 0 Å². The molecule has 7 aromatic carbocycles. The summed E-state index contributed by atoms with van der Waals surface area (Å²) >= 11 is 0. The Kier molecular flexibility index (Phi) is 7.38. The second-order valence-corrected chi connectivity index (χ2v) is 13.9. The van der Waals surface area contributed by atoms with Crippen molar-refractivity contribution in [3.05, 3.63) is 194 Å². The van der Waals surface area contributed by atoms with Gasteiger partial charge in [-0.2, -0.15) is 0 Å². The third-order valence-corrected chi connectivity index (χ3v) is 10.6. The highest BCUT2D eigenvalue weighted by molar-refractivity contribution is 6.17. The SMILES string of the molecule is c1ccc(-c2nc(-c3ccccc3)nc(-c3cccc(-n4c5ccccc5c5c(-c6ccc7c(c6)c6ncccc6n7-c6ccccc6)cccc54)c3)n2)cc1. The Hall–Kier alpha value is -7.70. The van der Waals surface area contributed by atoms with Gasteiger partial charge < -0.3 is 9.13 Å². The summed E-state index contributed by atoms with van der Waals surface area (Å²) in [5.74, 6) is 1.90. The summed E-state index contributed by atoms with van der Waals surface area (Å²) in [6, 6.07) is 65.5. The fourth-order valence-corrected chi connectivity index (χ4v) is 8.12. The van der Waals surface area contributed by atoms with E-state index >= 15 is 0 Å². The summed E-state index contributed by atoms with van der Waals surface area (Å²) in [7, 11) is 0. The molecule has 0 aliphatic heterocycles. The van der Waals surface area contributed by atoms with Crippen LogP contribution < -0.4 is 0 Å². The van der Waals surface area contributed by atoms with Crippen LogP contribution >= 0.6 is 0 Å². The Bertz CT molecular complexity index is 3180. The van der Waals surface area contributed by atoms with Gasteiger partial charge in [0.05, 0.1) is 27.6 Å². The molecule has 6 heteroatoms. The van der Waals surface area contributed by atoms with Crippen molar-refractivity contribution in [3.63, 3.8) is 0 Å². The van der Waals surface area contributed by atoms with Crippen molar-refractivity contribution >= 4 is 43.7 Å². The van der Waals surface area contributed by atoms with Gasteiger partial charge in [-0.1, -0.05) is 127 Å². The number of aromatic nitrogens is 6. The summed E-state index contributed by atoms with van der Waals surface area (Å²) in [4.78, 5) is 19.9. The molecule has 0 atom stereocenters. The van der Waals surface area contributed by atoms with Crippen LogP contribution in [0.25, 0.3) is 100 Å². The molecule has 11 rings (SSSR count). The van der Waals surface area contributed by atoms with Crippen LogP contribution in [-0.2, 0) is 0 Å². The number of fused-ring (bicyclic) bond motifs is 6. The number of rotatable bonds is 6. The van der Waals surface area contributed by atoms with E-state index in [-0.39, 0.29) is 0 Å². The van der Waals surface area contributed by atoms with Crippen LogP contribution in [0.3, 0.4) is 0 Å². The highest BCUT2D eigenvalue weighted by Gasteiger charge is 2.20. The molecular formula is C50H32N6. The molecule has 0 aliphatic carbocycles. The second kappa shape index (κ2) is 13.0. The minimum absolute atomic E-state index is 0.623. The molecule has 0 saturated heterocycles. The van der Waals surface area contributed by atoms with E-state index in [0.29, 0.717) is 17.5 Å². The van der Waals surface area contributed by atoms with Gasteiger partial charge in [-0.3, -0.25) is 4.98 Å². The van der Waals surface area contributed by atoms with Crippen molar-refractivity contribution in [2.45, 2.75) is 0 Å². The third-order valence-electron chi connectivity index (χ3n) is 10.6. The van der Waals surface area contributed by atoms with Crippen molar-refractivity contribution in [1.29, 1.82) is 0 Å². The number of hydrogen-bond donors (Lipinski definition) is 0. The topological polar surface area (TPSA) is 61.4 Å². The Morgan fingerprint density at radius 2 is 0.893 bits per heavy atom. The smallest absolute Gasteiger partial charge is 0.164 e. The van der Waals surface area contributed by atoms with Crippen LogP contribution in [0, 0.1) is 0 Å². The predicted octanol–water partition coefficient (Wildman–Crippen LogP) is 12.1. The van der Waals surface area contributed by atoms with Crippen LogP contribution in [0.2, 0.25) is 0 Å². The number of para-hydroxylation sites is 2. The lowest BCUT2D eigenvalue weighted by Crippen LogP contribution is -2.01. The standard InChI is InChI=1S/C50H32N6/c1-4-15-33(16-5-1)48-52-49(34-17-6-2-7-18-34)54-50(53-48)36-19-12-22-38(31-36)56-42-25-11-10-23-40(42)46-39(24-13-26-44(46)56)35-28-29-43-41(32-35)47-45(27-14-30-51-47)55(43)37-20-8-3-9-21-37/h1-32H. The largest absolute Gasteiger partial charge is 0.309 e. The van der Waals surface area contributed by atoms with Crippen molar-refractivity contribution in [1.82, 2.24) is 29.1 Å². The van der Waals surface area contributed by atoms with Crippen LogP contribution in [0.15, 0.2) is 194 Å². The first-order chi connectivity index (χ1) is 27.8. The van der Waals surface area contributed by atoms with E-state index in [9.17, 15) is 0 Å². The predicted molar refractivity (Wildman–Crippen MR) is 228 cm³/mol. The number of hydrogen-bond acceptors (Lipinski definition) is 4. The van der Waals surface area contributed by atoms with Gasteiger partial charge in [0.2, 0.25) is 0 Å². The molecule has 0 bridgehead atoms. The second-order valence-electron chi connectivity index (χ2n) is 13.9. The van der Waals surface area contributed by atoms with Gasteiger partial charge in [-0.05, 0) is 71.8 Å². The number of benzene rings is 7. The maximum Gasteiger partial charge on any atom is 0.164 e. The normalized spacial score (nSPS) is 11.6. The van der Waals surface area contributed by atoms with Gasteiger partial charge >= 0.3 is 0 Å². The summed E-state index contributed by atoms with van der Waals surface area (Å²) in [6.45, 7) is 0. The monoisotopic (exact) mass is 716 g/mol. The molecule has 0 N–H and O–H groups in total. The van der Waals surface area contributed by atoms with E-state index in [4.69, 9.17) is 19.9 Å². The highest BCUT2D eigenvalue weighted by atomic mass is 15.0. The van der Waals surface area contributed by atoms with E-state index in [0.717, 1.165) is 66.6 Å². The molecule has 4 aromatic heterocycles. The number of nitrogens with zero attached hydrogens (tertiary/aromatic N) is 6. The first kappa shape index (κ1) is 31.8. The minimum Gasteiger partial charge on any atom is -0.309 e. The minimum atomic E-state index is 0.623. The van der Waals surface area contributed by atoms with Crippen molar-refractivity contribution in [2.24, 2.45) is 0 Å². The third kappa shape index (κ3) is 5.19. The number of pyridine rings is 1. The first-order valence-electron chi connectivity index (χ1n) is 18.7. The Labute approximate surface area is 322 Å². The molecular weight excluding hydrogens is 685 g/mol. The van der Waals surface area contributed by atoms with Gasteiger partial charge in [0.15, 0.2) is 17.5 Å². The van der Waals surface area contributed by atoms with E-state index < -0.39 is 0 Å². The van der Waals surface area contributed by atoms with E-state index in [1.54, 1.807) is 0 Å². The summed E-state index contributed by atoms with van der Waals surface area (Å²) in [5, 5.41) is 3.51. The zero-order valence-corrected chi connectivity index (χ0v) is 30.2. The summed E-state index contributed by atoms with van der Waals surface area (Å²) in [6.07, 6.45) is 1.88. The van der Waals surface area contributed by atoms with Crippen molar-refractivity contribution < 1.29 is 0 Å². The molecule has 262 valence electrons. The molecule has 6 nitrogen and oxygen atoms in total. The van der Waals surface area contributed by atoms with Gasteiger partial charge in [0.25, 0.3) is 0 Å². The van der Waals surface area contributed by atoms with Crippen LogP contribution in [0.1, 0.15) is 0 Å². The van der Waals surface area contributed by atoms with Gasteiger partial charge in [0, 0.05) is 50.4 Å². The molecule has 0 spiro atoms. The lowest BCUT2D eigenvalue weighted by atomic mass is 9.98. The fourth-order valence-electron chi connectivity index (χ4n) is 8.12. The van der Waals surface area contributed by atoms with Gasteiger partial charge in [-0.15, -0.1) is 0 Å². The average Bonchev–Trinajstić information content (AvgIpc) is 3.80. The molecule has 56 heavy (non-hydrogen) atoms. The van der Waals surface area contributed by atoms with Crippen LogP contribution in [-0.4, -0.2) is 29.1 Å². The quantitative estimate of drug-likeness (QED) is 0.172. The van der Waals surface area contributed by atoms with E-state index in [2.05, 4.69) is 130 Å². The molecule has 0 amide bonds. The van der Waals surface area contributed by atoms with E-state index in [1.807, 2.05) is 72.9 Å². The maximum atomic E-state index is 5.03. The lowest BCUT2D eigenvalue weighted by molar-refractivity contribution is 1.07. The first-order valence-corrected chi connectivity index (χ1v) is 18.7. The Morgan fingerprint density at radius 1 is 0.339 bits per heavy atom. The summed E-state index contributed by atoms with van der Waals surface area (Å²) < 4.78 is 4.66. The van der Waals surface area contributed by atoms with Crippen LogP contribution in [0.4, 0.5) is 0 Å². The fraction of sp³-hybridized carbons (Fsp3) is 0. The Morgan fingerprint density at radius 3 is 1.64 bits per heavy atom. The molecule has 0 fully saturated rings. The molecule has 0 saturated carbocycles. The highest BCUT2D eigenvalue weighted by Crippen LogP contribution is 2.41. The average molecular weight is 717 g/mol. The maximum absolute atomic E-state index is 5.03. The lowest BCUT2D eigenvalue weighted by Gasteiger charge is -2.12. The molecule has 0 unspecified atom stereocenters. The van der Waals surface area contributed by atoms with Gasteiger partial charge in [-0.25, -0.2) is 15.0 Å².